The molecule has 136 valence electrons. The van der Waals surface area contributed by atoms with Gasteiger partial charge in [0.15, 0.2) is 5.96 Å². The lowest BCUT2D eigenvalue weighted by Gasteiger charge is -2.10. The van der Waals surface area contributed by atoms with E-state index in [0.29, 0.717) is 0 Å². The highest BCUT2D eigenvalue weighted by molar-refractivity contribution is 7.09. The first-order valence-electron chi connectivity index (χ1n) is 8.69. The molecule has 0 spiro atoms. The molecule has 0 amide bonds. The molecule has 3 aromatic rings. The maximum absolute atomic E-state index is 4.47. The van der Waals surface area contributed by atoms with Crippen molar-refractivity contribution in [2.75, 3.05) is 20.1 Å². The highest BCUT2D eigenvalue weighted by atomic mass is 32.1. The van der Waals surface area contributed by atoms with Gasteiger partial charge in [0.05, 0.1) is 22.6 Å². The zero-order valence-corrected chi connectivity index (χ0v) is 16.0. The van der Waals surface area contributed by atoms with E-state index in [0.717, 1.165) is 48.3 Å². The van der Waals surface area contributed by atoms with Gasteiger partial charge in [-0.2, -0.15) is 5.10 Å². The summed E-state index contributed by atoms with van der Waals surface area (Å²) in [7, 11) is 1.79. The largest absolute Gasteiger partial charge is 0.356 e. The van der Waals surface area contributed by atoms with Crippen molar-refractivity contribution >= 4 is 17.3 Å². The van der Waals surface area contributed by atoms with E-state index >= 15 is 0 Å². The van der Waals surface area contributed by atoms with Gasteiger partial charge in [-0.25, -0.2) is 9.67 Å². The summed E-state index contributed by atoms with van der Waals surface area (Å²) in [4.78, 5) is 8.74. The highest BCUT2D eigenvalue weighted by Crippen LogP contribution is 2.08. The van der Waals surface area contributed by atoms with Crippen molar-refractivity contribution in [1.82, 2.24) is 25.4 Å². The second-order valence-electron chi connectivity index (χ2n) is 5.91. The molecule has 3 rings (SSSR count). The molecule has 2 aromatic heterocycles. The monoisotopic (exact) mass is 368 g/mol. The first-order valence-corrected chi connectivity index (χ1v) is 9.57. The van der Waals surface area contributed by atoms with Gasteiger partial charge in [0.25, 0.3) is 0 Å². The molecule has 2 N–H and O–H groups in total. The Bertz CT molecular complexity index is 837. The number of aromatic nitrogens is 3. The summed E-state index contributed by atoms with van der Waals surface area (Å²) in [5, 5.41) is 14.3. The van der Waals surface area contributed by atoms with Gasteiger partial charge in [-0.1, -0.05) is 18.2 Å². The fourth-order valence-electron chi connectivity index (χ4n) is 2.59. The highest BCUT2D eigenvalue weighted by Gasteiger charge is 2.03. The number of aryl methyl sites for hydroxylation is 1. The summed E-state index contributed by atoms with van der Waals surface area (Å²) in [6.07, 6.45) is 5.76. The van der Waals surface area contributed by atoms with Crippen molar-refractivity contribution in [3.8, 4) is 5.69 Å². The zero-order valence-electron chi connectivity index (χ0n) is 15.1. The van der Waals surface area contributed by atoms with Crippen LogP contribution in [0.2, 0.25) is 0 Å². The van der Waals surface area contributed by atoms with Crippen molar-refractivity contribution in [1.29, 1.82) is 0 Å². The first-order chi connectivity index (χ1) is 12.7. The number of nitrogens with one attached hydrogen (secondary N) is 2. The Balaban J connectivity index is 1.41. The average Bonchev–Trinajstić information content (AvgIpc) is 3.30. The van der Waals surface area contributed by atoms with Crippen molar-refractivity contribution in [3.63, 3.8) is 0 Å². The Morgan fingerprint density at radius 3 is 2.62 bits per heavy atom. The number of para-hydroxylation sites is 1. The minimum absolute atomic E-state index is 0.802. The molecule has 0 bridgehead atoms. The van der Waals surface area contributed by atoms with E-state index < -0.39 is 0 Å². The van der Waals surface area contributed by atoms with Crippen LogP contribution in [0.1, 0.15) is 16.3 Å². The second-order valence-corrected chi connectivity index (χ2v) is 6.97. The van der Waals surface area contributed by atoms with Crippen LogP contribution in [0.15, 0.2) is 53.1 Å². The molecule has 26 heavy (non-hydrogen) atoms. The molecule has 7 heteroatoms. The molecule has 0 unspecified atom stereocenters. The zero-order chi connectivity index (χ0) is 18.2. The van der Waals surface area contributed by atoms with Crippen molar-refractivity contribution in [2.24, 2.45) is 4.99 Å². The average molecular weight is 369 g/mol. The third-order valence-electron chi connectivity index (χ3n) is 3.93. The molecule has 0 radical (unpaired) electrons. The third-order valence-corrected chi connectivity index (χ3v) is 4.75. The van der Waals surface area contributed by atoms with Gasteiger partial charge in [0, 0.05) is 38.1 Å². The Kier molecular flexibility index (Phi) is 6.38. The number of thiazole rings is 1. The SMILES string of the molecule is CN=C(NCCc1cnn(-c2ccccc2)c1)NCCc1csc(C)n1. The predicted octanol–water partition coefficient (Wildman–Crippen LogP) is 2.59. The van der Waals surface area contributed by atoms with Crippen LogP contribution in [0.3, 0.4) is 0 Å². The van der Waals surface area contributed by atoms with E-state index in [9.17, 15) is 0 Å². The summed E-state index contributed by atoms with van der Waals surface area (Å²) in [5.74, 6) is 0.812. The number of aliphatic imine (C=N–C) groups is 1. The van der Waals surface area contributed by atoms with Gasteiger partial charge < -0.3 is 10.6 Å². The topological polar surface area (TPSA) is 67.1 Å². The first kappa shape index (κ1) is 18.1. The van der Waals surface area contributed by atoms with E-state index in [1.165, 1.54) is 5.56 Å². The van der Waals surface area contributed by atoms with E-state index in [4.69, 9.17) is 0 Å². The molecular weight excluding hydrogens is 344 g/mol. The van der Waals surface area contributed by atoms with E-state index in [2.05, 4.69) is 37.3 Å². The van der Waals surface area contributed by atoms with Gasteiger partial charge >= 0.3 is 0 Å². The number of rotatable bonds is 7. The van der Waals surface area contributed by atoms with Gasteiger partial charge in [-0.15, -0.1) is 11.3 Å². The fraction of sp³-hybridized carbons (Fsp3) is 0.316. The second kappa shape index (κ2) is 9.15. The smallest absolute Gasteiger partial charge is 0.190 e. The fourth-order valence-corrected chi connectivity index (χ4v) is 3.24. The van der Waals surface area contributed by atoms with Crippen LogP contribution < -0.4 is 10.6 Å². The van der Waals surface area contributed by atoms with Crippen LogP contribution in [0, 0.1) is 6.92 Å². The molecule has 0 fully saturated rings. The Morgan fingerprint density at radius 2 is 1.92 bits per heavy atom. The van der Waals surface area contributed by atoms with Crippen LogP contribution in [-0.4, -0.2) is 40.9 Å². The summed E-state index contributed by atoms with van der Waals surface area (Å²) < 4.78 is 1.90. The number of nitrogens with zero attached hydrogens (tertiary/aromatic N) is 4. The van der Waals surface area contributed by atoms with Gasteiger partial charge in [-0.3, -0.25) is 4.99 Å². The maximum Gasteiger partial charge on any atom is 0.190 e. The van der Waals surface area contributed by atoms with Crippen LogP contribution in [0.5, 0.6) is 0 Å². The molecule has 0 aliphatic heterocycles. The van der Waals surface area contributed by atoms with Gasteiger partial charge in [0.2, 0.25) is 0 Å². The molecular formula is C19H24N6S. The van der Waals surface area contributed by atoms with Crippen LogP contribution >= 0.6 is 11.3 Å². The van der Waals surface area contributed by atoms with Crippen molar-refractivity contribution < 1.29 is 0 Å². The molecule has 1 aromatic carbocycles. The Labute approximate surface area is 158 Å². The van der Waals surface area contributed by atoms with E-state index in [-0.39, 0.29) is 0 Å². The van der Waals surface area contributed by atoms with E-state index in [1.807, 2.05) is 48.1 Å². The van der Waals surface area contributed by atoms with Crippen molar-refractivity contribution in [3.05, 3.63) is 64.4 Å². The van der Waals surface area contributed by atoms with Crippen LogP contribution in [0.25, 0.3) is 5.69 Å². The molecule has 0 atom stereocenters. The summed E-state index contributed by atoms with van der Waals surface area (Å²) in [6.45, 7) is 3.65. The minimum Gasteiger partial charge on any atom is -0.356 e. The summed E-state index contributed by atoms with van der Waals surface area (Å²) in [5.41, 5.74) is 3.39. The minimum atomic E-state index is 0.802. The molecule has 0 saturated carbocycles. The van der Waals surface area contributed by atoms with Crippen LogP contribution in [-0.2, 0) is 12.8 Å². The predicted molar refractivity (Wildman–Crippen MR) is 107 cm³/mol. The van der Waals surface area contributed by atoms with Gasteiger partial charge in [-0.05, 0) is 31.0 Å². The maximum atomic E-state index is 4.47. The normalized spacial score (nSPS) is 11.5. The standard InChI is InChI=1S/C19H24N6S/c1-15-24-17(14-26-15)9-11-22-19(20-2)21-10-8-16-12-23-25(13-16)18-6-4-3-5-7-18/h3-7,12-14H,8-11H2,1-2H3,(H2,20,21,22). The quantitative estimate of drug-likeness (QED) is 0.497. The number of hydrogen-bond acceptors (Lipinski definition) is 4. The molecule has 0 aliphatic rings. The summed E-state index contributed by atoms with van der Waals surface area (Å²) in [6, 6.07) is 10.1. The molecule has 0 saturated heterocycles. The molecule has 6 nitrogen and oxygen atoms in total. The number of benzene rings is 1. The lowest BCUT2D eigenvalue weighted by atomic mass is 10.2. The lowest BCUT2D eigenvalue weighted by Crippen LogP contribution is -2.39. The molecule has 0 aliphatic carbocycles. The Hall–Kier alpha value is -2.67. The Morgan fingerprint density at radius 1 is 1.15 bits per heavy atom. The van der Waals surface area contributed by atoms with Crippen LogP contribution in [0.4, 0.5) is 0 Å². The third kappa shape index (κ3) is 5.16. The number of hydrogen-bond donors (Lipinski definition) is 2. The lowest BCUT2D eigenvalue weighted by molar-refractivity contribution is 0.777. The summed E-state index contributed by atoms with van der Waals surface area (Å²) >= 11 is 1.69. The number of guanidine groups is 1. The van der Waals surface area contributed by atoms with Crippen molar-refractivity contribution in [2.45, 2.75) is 19.8 Å². The van der Waals surface area contributed by atoms with Gasteiger partial charge in [0.1, 0.15) is 0 Å². The molecule has 2 heterocycles. The van der Waals surface area contributed by atoms with E-state index in [1.54, 1.807) is 18.4 Å².